The Morgan fingerprint density at radius 1 is 1.47 bits per heavy atom. The average molecular weight is 279 g/mol. The number of piperidine rings is 1. The second-order valence-electron chi connectivity index (χ2n) is 5.68. The second-order valence-corrected chi connectivity index (χ2v) is 5.95. The minimum atomic E-state index is 0.0313. The summed E-state index contributed by atoms with van der Waals surface area (Å²) in [7, 11) is 2.15. The van der Waals surface area contributed by atoms with Gasteiger partial charge in [0, 0.05) is 24.2 Å². The molecule has 1 saturated heterocycles. The van der Waals surface area contributed by atoms with Crippen LogP contribution in [0.5, 0.6) is 0 Å². The number of rotatable bonds is 1. The predicted molar refractivity (Wildman–Crippen MR) is 78.0 cm³/mol. The van der Waals surface area contributed by atoms with Gasteiger partial charge in [0.1, 0.15) is 5.88 Å². The molecule has 0 unspecified atom stereocenters. The van der Waals surface area contributed by atoms with Crippen molar-refractivity contribution in [2.45, 2.75) is 25.3 Å². The van der Waals surface area contributed by atoms with Crippen LogP contribution in [0.3, 0.4) is 0 Å². The summed E-state index contributed by atoms with van der Waals surface area (Å²) in [5.74, 6) is 0.525. The van der Waals surface area contributed by atoms with E-state index in [-0.39, 0.29) is 11.8 Å². The number of halogens is 1. The van der Waals surface area contributed by atoms with Gasteiger partial charge in [-0.2, -0.15) is 0 Å². The maximum absolute atomic E-state index is 12.2. The lowest BCUT2D eigenvalue weighted by atomic mass is 9.89. The lowest BCUT2D eigenvalue weighted by Crippen LogP contribution is -2.47. The van der Waals surface area contributed by atoms with Crippen molar-refractivity contribution in [2.75, 3.05) is 30.9 Å². The van der Waals surface area contributed by atoms with E-state index in [4.69, 9.17) is 11.6 Å². The molecule has 1 aromatic rings. The van der Waals surface area contributed by atoms with Crippen molar-refractivity contribution in [1.82, 2.24) is 4.90 Å². The molecule has 2 aliphatic heterocycles. The maximum Gasteiger partial charge on any atom is 0.242 e. The number of hydrogen-bond acceptors (Lipinski definition) is 2. The molecule has 4 heteroatoms. The fourth-order valence-electron chi connectivity index (χ4n) is 3.47. The molecule has 1 amide bonds. The lowest BCUT2D eigenvalue weighted by molar-refractivity contribution is -0.116. The minimum absolute atomic E-state index is 0.0313. The molecule has 0 spiro atoms. The predicted octanol–water partition coefficient (Wildman–Crippen LogP) is 2.37. The Labute approximate surface area is 119 Å². The fraction of sp³-hybridized carbons (Fsp3) is 0.533. The highest BCUT2D eigenvalue weighted by molar-refractivity contribution is 6.29. The van der Waals surface area contributed by atoms with Crippen LogP contribution in [0, 0.1) is 6.92 Å². The number of carbonyl (C=O) groups excluding carboxylic acids is 1. The van der Waals surface area contributed by atoms with Crippen LogP contribution in [0.4, 0.5) is 5.69 Å². The van der Waals surface area contributed by atoms with Crippen molar-refractivity contribution in [3.63, 3.8) is 0 Å². The molecule has 19 heavy (non-hydrogen) atoms. The van der Waals surface area contributed by atoms with Gasteiger partial charge in [-0.15, -0.1) is 11.6 Å². The van der Waals surface area contributed by atoms with Crippen LogP contribution < -0.4 is 4.90 Å². The normalized spacial score (nSPS) is 26.2. The molecule has 3 nitrogen and oxygen atoms in total. The monoisotopic (exact) mass is 278 g/mol. The molecule has 1 aromatic carbocycles. The van der Waals surface area contributed by atoms with Crippen molar-refractivity contribution in [3.8, 4) is 0 Å². The highest BCUT2D eigenvalue weighted by atomic mass is 35.5. The van der Waals surface area contributed by atoms with Gasteiger partial charge < -0.3 is 9.80 Å². The first-order valence-electron chi connectivity index (χ1n) is 6.79. The van der Waals surface area contributed by atoms with Crippen LogP contribution in [0.1, 0.15) is 23.5 Å². The smallest absolute Gasteiger partial charge is 0.242 e. The number of likely N-dealkylation sites (N-methyl/N-ethyl adjacent to an activating group) is 1. The molecule has 0 N–H and O–H groups in total. The Balaban J connectivity index is 2.06. The molecule has 0 bridgehead atoms. The van der Waals surface area contributed by atoms with Crippen LogP contribution in [0.2, 0.25) is 0 Å². The van der Waals surface area contributed by atoms with Gasteiger partial charge in [0.05, 0.1) is 0 Å². The summed E-state index contributed by atoms with van der Waals surface area (Å²) < 4.78 is 0. The number of amides is 1. The fourth-order valence-corrected chi connectivity index (χ4v) is 3.60. The van der Waals surface area contributed by atoms with Gasteiger partial charge in [-0.05, 0) is 38.6 Å². The molecule has 2 atom stereocenters. The van der Waals surface area contributed by atoms with E-state index in [1.165, 1.54) is 11.1 Å². The number of fused-ring (bicyclic) bond motifs is 3. The summed E-state index contributed by atoms with van der Waals surface area (Å²) in [5.41, 5.74) is 3.64. The van der Waals surface area contributed by atoms with Gasteiger partial charge in [0.2, 0.25) is 5.91 Å². The molecule has 2 aliphatic rings. The molecular weight excluding hydrogens is 260 g/mol. The Bertz CT molecular complexity index is 517. The number of nitrogens with zero attached hydrogens (tertiary/aromatic N) is 2. The quantitative estimate of drug-likeness (QED) is 0.737. The molecule has 102 valence electrons. The zero-order valence-corrected chi connectivity index (χ0v) is 12.2. The van der Waals surface area contributed by atoms with Crippen LogP contribution >= 0.6 is 11.6 Å². The summed E-state index contributed by atoms with van der Waals surface area (Å²) >= 11 is 5.79. The van der Waals surface area contributed by atoms with Crippen LogP contribution in [-0.4, -0.2) is 42.9 Å². The van der Waals surface area contributed by atoms with Crippen molar-refractivity contribution in [1.29, 1.82) is 0 Å². The van der Waals surface area contributed by atoms with E-state index < -0.39 is 0 Å². The van der Waals surface area contributed by atoms with E-state index in [2.05, 4.69) is 37.1 Å². The van der Waals surface area contributed by atoms with Gasteiger partial charge in [0.25, 0.3) is 0 Å². The second kappa shape index (κ2) is 4.80. The number of likely N-dealkylation sites (tertiary alicyclic amines) is 1. The Morgan fingerprint density at radius 3 is 3.00 bits per heavy atom. The van der Waals surface area contributed by atoms with Gasteiger partial charge in [-0.3, -0.25) is 4.79 Å². The number of hydrogen-bond donors (Lipinski definition) is 0. The first kappa shape index (κ1) is 12.9. The SMILES string of the molecule is Cc1ccc2c(c1)[C@@H]1CN(C)CC[C@@H]1N2C(=O)CCl. The molecular formula is C15H19ClN2O. The highest BCUT2D eigenvalue weighted by Gasteiger charge is 2.43. The summed E-state index contributed by atoms with van der Waals surface area (Å²) in [6.07, 6.45) is 1.03. The maximum atomic E-state index is 12.2. The summed E-state index contributed by atoms with van der Waals surface area (Å²) in [4.78, 5) is 16.5. The zero-order chi connectivity index (χ0) is 13.6. The summed E-state index contributed by atoms with van der Waals surface area (Å²) in [5, 5.41) is 0. The van der Waals surface area contributed by atoms with Crippen LogP contribution in [0.15, 0.2) is 18.2 Å². The Kier molecular flexibility index (Phi) is 3.27. The molecule has 0 radical (unpaired) electrons. The van der Waals surface area contributed by atoms with Gasteiger partial charge in [0.15, 0.2) is 0 Å². The van der Waals surface area contributed by atoms with E-state index >= 15 is 0 Å². The minimum Gasteiger partial charge on any atom is -0.307 e. The molecule has 0 aliphatic carbocycles. The molecule has 1 fully saturated rings. The number of aryl methyl sites for hydroxylation is 1. The average Bonchev–Trinajstić information content (AvgIpc) is 2.71. The standard InChI is InChI=1S/C15H19ClN2O/c1-10-3-4-13-11(7-10)12-9-17(2)6-5-14(12)18(13)15(19)8-16/h3-4,7,12,14H,5-6,8-9H2,1-2H3/t12-,14-/m0/s1. The number of anilines is 1. The van der Waals surface area contributed by atoms with Gasteiger partial charge in [-0.1, -0.05) is 17.7 Å². The van der Waals surface area contributed by atoms with Crippen LogP contribution in [-0.2, 0) is 4.79 Å². The molecule has 0 aromatic heterocycles. The number of carbonyl (C=O) groups is 1. The van der Waals surface area contributed by atoms with Gasteiger partial charge >= 0.3 is 0 Å². The highest BCUT2D eigenvalue weighted by Crippen LogP contribution is 2.44. The molecule has 3 rings (SSSR count). The van der Waals surface area contributed by atoms with E-state index in [1.807, 2.05) is 4.90 Å². The first-order valence-corrected chi connectivity index (χ1v) is 7.32. The largest absolute Gasteiger partial charge is 0.307 e. The van der Waals surface area contributed by atoms with Crippen LogP contribution in [0.25, 0.3) is 0 Å². The summed E-state index contributed by atoms with van der Waals surface area (Å²) in [6, 6.07) is 6.68. The summed E-state index contributed by atoms with van der Waals surface area (Å²) in [6.45, 7) is 4.17. The van der Waals surface area contributed by atoms with E-state index in [0.29, 0.717) is 12.0 Å². The van der Waals surface area contributed by atoms with Crippen molar-refractivity contribution < 1.29 is 4.79 Å². The third-order valence-electron chi connectivity index (χ3n) is 4.34. The third kappa shape index (κ3) is 2.05. The Morgan fingerprint density at radius 2 is 2.26 bits per heavy atom. The third-order valence-corrected chi connectivity index (χ3v) is 4.56. The van der Waals surface area contributed by atoms with E-state index in [0.717, 1.165) is 25.2 Å². The topological polar surface area (TPSA) is 23.6 Å². The van der Waals surface area contributed by atoms with Crippen molar-refractivity contribution >= 4 is 23.2 Å². The molecule has 0 saturated carbocycles. The van der Waals surface area contributed by atoms with Crippen molar-refractivity contribution in [3.05, 3.63) is 29.3 Å². The number of alkyl halides is 1. The lowest BCUT2D eigenvalue weighted by Gasteiger charge is -2.36. The van der Waals surface area contributed by atoms with Crippen molar-refractivity contribution in [2.24, 2.45) is 0 Å². The van der Waals surface area contributed by atoms with Gasteiger partial charge in [-0.25, -0.2) is 0 Å². The number of benzene rings is 1. The molecule has 2 heterocycles. The first-order chi connectivity index (χ1) is 9.11. The van der Waals surface area contributed by atoms with E-state index in [9.17, 15) is 4.79 Å². The zero-order valence-electron chi connectivity index (χ0n) is 11.4. The van der Waals surface area contributed by atoms with E-state index in [1.54, 1.807) is 0 Å². The Hall–Kier alpha value is -1.06.